The fourth-order valence-corrected chi connectivity index (χ4v) is 4.58. The highest BCUT2D eigenvalue weighted by atomic mass is 16.4. The van der Waals surface area contributed by atoms with Gasteiger partial charge in [-0.15, -0.1) is 0 Å². The monoisotopic (exact) mass is 517 g/mol. The van der Waals surface area contributed by atoms with Gasteiger partial charge in [0.25, 0.3) is 5.91 Å². The van der Waals surface area contributed by atoms with E-state index in [1.165, 1.54) is 0 Å². The van der Waals surface area contributed by atoms with E-state index in [9.17, 15) is 19.5 Å². The Kier molecular flexibility index (Phi) is 8.30. The molecule has 1 aromatic carbocycles. The van der Waals surface area contributed by atoms with Crippen molar-refractivity contribution in [3.63, 3.8) is 0 Å². The number of aromatic hydroxyl groups is 1. The first-order valence-corrected chi connectivity index (χ1v) is 12.6. The summed E-state index contributed by atoms with van der Waals surface area (Å²) in [6, 6.07) is 12.0. The van der Waals surface area contributed by atoms with E-state index in [1.807, 2.05) is 36.5 Å². The topological polar surface area (TPSA) is 146 Å². The van der Waals surface area contributed by atoms with E-state index in [2.05, 4.69) is 31.2 Å². The molecule has 0 aliphatic carbocycles. The highest BCUT2D eigenvalue weighted by molar-refractivity contribution is 5.96. The Morgan fingerprint density at radius 2 is 1.71 bits per heavy atom. The quantitative estimate of drug-likeness (QED) is 0.390. The van der Waals surface area contributed by atoms with Crippen molar-refractivity contribution in [3.05, 3.63) is 65.4 Å². The van der Waals surface area contributed by atoms with Gasteiger partial charge in [0.15, 0.2) is 11.4 Å². The van der Waals surface area contributed by atoms with E-state index in [4.69, 9.17) is 5.11 Å². The van der Waals surface area contributed by atoms with Crippen LogP contribution < -0.4 is 10.2 Å². The van der Waals surface area contributed by atoms with Crippen molar-refractivity contribution < 1.29 is 24.6 Å². The molecule has 2 aromatic heterocycles. The van der Waals surface area contributed by atoms with Gasteiger partial charge in [0, 0.05) is 37.7 Å². The summed E-state index contributed by atoms with van der Waals surface area (Å²) in [4.78, 5) is 49.8. The Balaban J connectivity index is 1.34. The van der Waals surface area contributed by atoms with Crippen LogP contribution in [-0.4, -0.2) is 62.5 Å². The summed E-state index contributed by atoms with van der Waals surface area (Å²) in [5, 5.41) is 21.2. The first kappa shape index (κ1) is 26.7. The van der Waals surface area contributed by atoms with E-state index in [1.54, 1.807) is 13.8 Å². The Morgan fingerprint density at radius 1 is 1.03 bits per heavy atom. The fraction of sp³-hybridized carbons (Fsp3) is 0.357. The van der Waals surface area contributed by atoms with Crippen LogP contribution in [0.1, 0.15) is 47.3 Å². The number of anilines is 1. The molecule has 0 spiro atoms. The van der Waals surface area contributed by atoms with E-state index < -0.39 is 18.4 Å². The first-order valence-electron chi connectivity index (χ1n) is 12.6. The molecule has 1 amide bonds. The van der Waals surface area contributed by atoms with Gasteiger partial charge in [-0.25, -0.2) is 15.0 Å². The highest BCUT2D eigenvalue weighted by Gasteiger charge is 2.24. The van der Waals surface area contributed by atoms with E-state index in [0.29, 0.717) is 24.6 Å². The van der Waals surface area contributed by atoms with Gasteiger partial charge >= 0.3 is 5.97 Å². The zero-order valence-electron chi connectivity index (χ0n) is 21.5. The number of pyridine rings is 1. The standard InChI is InChI=1S/C28H31N5O5/c1-17(34)13-19-3-5-21(6-4-19)22-7-8-24(29-15-22)33-11-9-20(10-12-33)14-23-31-18(2)27(37)26(32-23)28(38)30-16-25(35)36/h3-8,15,20,37H,9-14,16H2,1-2H3,(H,30,38)(H,35,36). The van der Waals surface area contributed by atoms with Gasteiger partial charge in [0.05, 0.1) is 5.69 Å². The number of carbonyl (C=O) groups excluding carboxylic acids is 2. The smallest absolute Gasteiger partial charge is 0.322 e. The SMILES string of the molecule is CC(=O)Cc1ccc(-c2ccc(N3CCC(Cc4nc(C)c(O)c(C(=O)NCC(=O)O)n4)CC3)nc2)cc1. The molecule has 3 N–H and O–H groups in total. The Bertz CT molecular complexity index is 1320. The lowest BCUT2D eigenvalue weighted by Crippen LogP contribution is -2.35. The van der Waals surface area contributed by atoms with Crippen molar-refractivity contribution in [1.29, 1.82) is 0 Å². The largest absolute Gasteiger partial charge is 0.504 e. The van der Waals surface area contributed by atoms with Gasteiger partial charge in [-0.3, -0.25) is 14.4 Å². The average Bonchev–Trinajstić information content (AvgIpc) is 2.90. The van der Waals surface area contributed by atoms with Crippen LogP contribution in [0.5, 0.6) is 5.75 Å². The van der Waals surface area contributed by atoms with Crippen LogP contribution in [0.2, 0.25) is 0 Å². The number of Topliss-reactive ketones (excluding diaryl/α,β-unsaturated/α-hetero) is 1. The molecule has 1 aliphatic heterocycles. The fourth-order valence-electron chi connectivity index (χ4n) is 4.58. The number of carboxylic acid groups (broad SMARTS) is 1. The molecule has 0 radical (unpaired) electrons. The summed E-state index contributed by atoms with van der Waals surface area (Å²) in [5.74, 6) is -0.452. The summed E-state index contributed by atoms with van der Waals surface area (Å²) in [5.41, 5.74) is 3.14. The maximum atomic E-state index is 12.3. The predicted molar refractivity (Wildman–Crippen MR) is 141 cm³/mol. The van der Waals surface area contributed by atoms with Crippen molar-refractivity contribution >= 4 is 23.5 Å². The average molecular weight is 518 g/mol. The predicted octanol–water partition coefficient (Wildman–Crippen LogP) is 2.96. The summed E-state index contributed by atoms with van der Waals surface area (Å²) in [7, 11) is 0. The molecule has 0 unspecified atom stereocenters. The maximum absolute atomic E-state index is 12.3. The van der Waals surface area contributed by atoms with Gasteiger partial charge in [0.1, 0.15) is 24.0 Å². The molecular weight excluding hydrogens is 486 g/mol. The number of aryl methyl sites for hydroxylation is 1. The van der Waals surface area contributed by atoms with Gasteiger partial charge in [0.2, 0.25) is 0 Å². The molecule has 0 bridgehead atoms. The number of carbonyl (C=O) groups is 3. The number of nitrogens with zero attached hydrogens (tertiary/aromatic N) is 4. The number of aliphatic carboxylic acids is 1. The second kappa shape index (κ2) is 11.8. The number of amides is 1. The highest BCUT2D eigenvalue weighted by Crippen LogP contribution is 2.27. The van der Waals surface area contributed by atoms with Crippen LogP contribution in [0.25, 0.3) is 11.1 Å². The Hall–Kier alpha value is -4.34. The maximum Gasteiger partial charge on any atom is 0.322 e. The van der Waals surface area contributed by atoms with Gasteiger partial charge in [-0.05, 0) is 55.9 Å². The van der Waals surface area contributed by atoms with Crippen molar-refractivity contribution in [2.75, 3.05) is 24.5 Å². The van der Waals surface area contributed by atoms with Crippen molar-refractivity contribution in [1.82, 2.24) is 20.3 Å². The lowest BCUT2D eigenvalue weighted by atomic mass is 9.93. The summed E-state index contributed by atoms with van der Waals surface area (Å²) >= 11 is 0. The third-order valence-corrected chi connectivity index (χ3v) is 6.62. The number of ketones is 1. The number of benzene rings is 1. The molecule has 10 heteroatoms. The second-order valence-electron chi connectivity index (χ2n) is 9.61. The number of hydrogen-bond acceptors (Lipinski definition) is 8. The summed E-state index contributed by atoms with van der Waals surface area (Å²) in [6.45, 7) is 4.26. The van der Waals surface area contributed by atoms with Crippen molar-refractivity contribution in [2.24, 2.45) is 5.92 Å². The minimum atomic E-state index is -1.18. The lowest BCUT2D eigenvalue weighted by molar-refractivity contribution is -0.135. The number of rotatable bonds is 9. The van der Waals surface area contributed by atoms with E-state index in [-0.39, 0.29) is 22.9 Å². The molecule has 4 rings (SSSR count). The zero-order chi connectivity index (χ0) is 27.2. The third kappa shape index (κ3) is 6.70. The number of hydrogen-bond donors (Lipinski definition) is 3. The minimum absolute atomic E-state index is 0.142. The summed E-state index contributed by atoms with van der Waals surface area (Å²) < 4.78 is 0. The van der Waals surface area contributed by atoms with E-state index in [0.717, 1.165) is 48.4 Å². The van der Waals surface area contributed by atoms with E-state index >= 15 is 0 Å². The third-order valence-electron chi connectivity index (χ3n) is 6.62. The molecule has 1 saturated heterocycles. The molecule has 0 saturated carbocycles. The van der Waals surface area contributed by atoms with Crippen molar-refractivity contribution in [3.8, 4) is 16.9 Å². The lowest BCUT2D eigenvalue weighted by Gasteiger charge is -2.32. The van der Waals surface area contributed by atoms with Crippen LogP contribution in [0.3, 0.4) is 0 Å². The van der Waals surface area contributed by atoms with Crippen LogP contribution in [-0.2, 0) is 22.4 Å². The Labute approximate surface area is 220 Å². The van der Waals surface area contributed by atoms with Crippen LogP contribution in [0.15, 0.2) is 42.6 Å². The van der Waals surface area contributed by atoms with Crippen molar-refractivity contribution in [2.45, 2.75) is 39.5 Å². The summed E-state index contributed by atoms with van der Waals surface area (Å²) in [6.07, 6.45) is 4.65. The molecule has 38 heavy (non-hydrogen) atoms. The molecule has 0 atom stereocenters. The molecule has 3 heterocycles. The minimum Gasteiger partial charge on any atom is -0.504 e. The van der Waals surface area contributed by atoms with Crippen LogP contribution in [0.4, 0.5) is 5.82 Å². The molecule has 1 aliphatic rings. The van der Waals surface area contributed by atoms with Gasteiger partial charge in [-0.1, -0.05) is 24.3 Å². The molecular formula is C28H31N5O5. The van der Waals surface area contributed by atoms with Crippen LogP contribution >= 0.6 is 0 Å². The normalized spacial score (nSPS) is 13.8. The number of aromatic nitrogens is 3. The second-order valence-corrected chi connectivity index (χ2v) is 9.61. The Morgan fingerprint density at radius 3 is 2.32 bits per heavy atom. The number of piperidine rings is 1. The number of carboxylic acids is 1. The molecule has 3 aromatic rings. The first-order chi connectivity index (χ1) is 18.2. The van der Waals surface area contributed by atoms with Gasteiger partial charge in [-0.2, -0.15) is 0 Å². The molecule has 198 valence electrons. The van der Waals surface area contributed by atoms with Crippen LogP contribution in [0, 0.1) is 12.8 Å². The van der Waals surface area contributed by atoms with Gasteiger partial charge < -0.3 is 20.4 Å². The number of nitrogens with one attached hydrogen (secondary N) is 1. The molecule has 10 nitrogen and oxygen atoms in total. The molecule has 1 fully saturated rings. The zero-order valence-corrected chi connectivity index (χ0v) is 21.5.